The van der Waals surface area contributed by atoms with Gasteiger partial charge in [-0.2, -0.15) is 0 Å². The number of carboxylic acid groups (broad SMARTS) is 1. The summed E-state index contributed by atoms with van der Waals surface area (Å²) < 4.78 is 15.6. The Labute approximate surface area is 70.9 Å². The van der Waals surface area contributed by atoms with Crippen molar-refractivity contribution in [3.63, 3.8) is 0 Å². The highest BCUT2D eigenvalue weighted by atomic mass is 31.2. The van der Waals surface area contributed by atoms with E-state index in [1.807, 2.05) is 0 Å². The van der Waals surface area contributed by atoms with E-state index in [-0.39, 0.29) is 13.0 Å². The van der Waals surface area contributed by atoms with Crippen LogP contribution in [0.1, 0.15) is 20.3 Å². The van der Waals surface area contributed by atoms with E-state index in [1.54, 1.807) is 0 Å². The highest BCUT2D eigenvalue weighted by Gasteiger charge is 2.36. The minimum atomic E-state index is -3.96. The lowest BCUT2D eigenvalue weighted by atomic mass is 10.3. The zero-order valence-corrected chi connectivity index (χ0v) is 7.95. The van der Waals surface area contributed by atoms with Gasteiger partial charge in [-0.3, -0.25) is 9.36 Å². The fraction of sp³-hybridized carbons (Fsp3) is 0.833. The van der Waals surface area contributed by atoms with Gasteiger partial charge in [0.25, 0.3) is 0 Å². The number of aliphatic carboxylic acids is 1. The molecule has 2 atom stereocenters. The summed E-state index contributed by atoms with van der Waals surface area (Å²) in [4.78, 5) is 19.5. The summed E-state index contributed by atoms with van der Waals surface area (Å²) in [6.07, 6.45) is 0.0864. The Morgan fingerprint density at radius 3 is 2.33 bits per heavy atom. The molecule has 0 aromatic heterocycles. The smallest absolute Gasteiger partial charge is 0.342 e. The standard InChI is InChI=1S/C6H13O5P/c1-3-5(6(7)8)12(9,10)11-4-2/h5H,3-4H2,1-2H3,(H,7,8)(H,9,10). The van der Waals surface area contributed by atoms with Crippen molar-refractivity contribution in [1.82, 2.24) is 0 Å². The molecule has 0 aromatic carbocycles. The van der Waals surface area contributed by atoms with Gasteiger partial charge in [0.15, 0.2) is 5.66 Å². The topological polar surface area (TPSA) is 83.8 Å². The molecule has 12 heavy (non-hydrogen) atoms. The van der Waals surface area contributed by atoms with E-state index in [2.05, 4.69) is 4.52 Å². The molecule has 6 heteroatoms. The predicted octanol–water partition coefficient (Wildman–Crippen LogP) is 1.07. The van der Waals surface area contributed by atoms with Crippen molar-refractivity contribution < 1.29 is 23.9 Å². The average Bonchev–Trinajstić information content (AvgIpc) is 1.86. The maximum atomic E-state index is 11.1. The minimum Gasteiger partial charge on any atom is -0.481 e. The first kappa shape index (κ1) is 11.6. The largest absolute Gasteiger partial charge is 0.481 e. The lowest BCUT2D eigenvalue weighted by Gasteiger charge is -2.16. The second-order valence-corrected chi connectivity index (χ2v) is 4.25. The van der Waals surface area contributed by atoms with Crippen LogP contribution in [-0.2, 0) is 13.9 Å². The average molecular weight is 196 g/mol. The maximum Gasteiger partial charge on any atom is 0.342 e. The first-order valence-electron chi connectivity index (χ1n) is 3.65. The number of rotatable bonds is 5. The van der Waals surface area contributed by atoms with Crippen molar-refractivity contribution in [2.45, 2.75) is 25.9 Å². The molecule has 0 bridgehead atoms. The second-order valence-electron chi connectivity index (χ2n) is 2.24. The monoisotopic (exact) mass is 196 g/mol. The summed E-state index contributed by atoms with van der Waals surface area (Å²) in [5, 5.41) is 8.52. The molecule has 72 valence electrons. The van der Waals surface area contributed by atoms with Crippen LogP contribution in [0.5, 0.6) is 0 Å². The minimum absolute atomic E-state index is 0.0392. The summed E-state index contributed by atoms with van der Waals surface area (Å²) in [7, 11) is -3.96. The van der Waals surface area contributed by atoms with E-state index in [0.717, 1.165) is 0 Å². The van der Waals surface area contributed by atoms with Crippen molar-refractivity contribution in [2.24, 2.45) is 0 Å². The van der Waals surface area contributed by atoms with Gasteiger partial charge in [0.1, 0.15) is 0 Å². The van der Waals surface area contributed by atoms with Gasteiger partial charge in [-0.25, -0.2) is 0 Å². The van der Waals surface area contributed by atoms with Crippen LogP contribution in [0.2, 0.25) is 0 Å². The normalized spacial score (nSPS) is 18.2. The van der Waals surface area contributed by atoms with E-state index in [9.17, 15) is 9.36 Å². The third-order valence-electron chi connectivity index (χ3n) is 1.38. The van der Waals surface area contributed by atoms with Gasteiger partial charge in [0.05, 0.1) is 6.61 Å². The van der Waals surface area contributed by atoms with E-state index in [0.29, 0.717) is 0 Å². The molecule has 0 heterocycles. The molecule has 5 nitrogen and oxygen atoms in total. The molecule has 0 spiro atoms. The summed E-state index contributed by atoms with van der Waals surface area (Å²) >= 11 is 0. The Kier molecular flexibility index (Phi) is 4.45. The van der Waals surface area contributed by atoms with Gasteiger partial charge < -0.3 is 14.5 Å². The highest BCUT2D eigenvalue weighted by molar-refractivity contribution is 7.54. The van der Waals surface area contributed by atoms with Gasteiger partial charge in [-0.1, -0.05) is 6.92 Å². The molecule has 0 saturated heterocycles. The van der Waals surface area contributed by atoms with Crippen LogP contribution in [0, 0.1) is 0 Å². The molecule has 0 saturated carbocycles. The second kappa shape index (κ2) is 4.60. The van der Waals surface area contributed by atoms with Crippen molar-refractivity contribution in [2.75, 3.05) is 6.61 Å². The molecule has 0 aliphatic carbocycles. The van der Waals surface area contributed by atoms with Crippen molar-refractivity contribution in [3.8, 4) is 0 Å². The predicted molar refractivity (Wildman–Crippen MR) is 43.2 cm³/mol. The van der Waals surface area contributed by atoms with Crippen LogP contribution in [-0.4, -0.2) is 28.2 Å². The lowest BCUT2D eigenvalue weighted by Crippen LogP contribution is -2.20. The van der Waals surface area contributed by atoms with Crippen LogP contribution in [0.25, 0.3) is 0 Å². The Morgan fingerprint density at radius 2 is 2.08 bits per heavy atom. The quantitative estimate of drug-likeness (QED) is 0.642. The molecule has 0 amide bonds. The molecule has 0 aliphatic heterocycles. The van der Waals surface area contributed by atoms with Gasteiger partial charge in [0, 0.05) is 0 Å². The van der Waals surface area contributed by atoms with Crippen LogP contribution < -0.4 is 0 Å². The molecular weight excluding hydrogens is 183 g/mol. The van der Waals surface area contributed by atoms with E-state index >= 15 is 0 Å². The van der Waals surface area contributed by atoms with Crippen LogP contribution >= 0.6 is 7.60 Å². The van der Waals surface area contributed by atoms with Crippen LogP contribution in [0.4, 0.5) is 0 Å². The van der Waals surface area contributed by atoms with E-state index in [4.69, 9.17) is 10.00 Å². The third-order valence-corrected chi connectivity index (χ3v) is 3.38. The molecule has 0 aliphatic rings. The molecule has 2 unspecified atom stereocenters. The van der Waals surface area contributed by atoms with Crippen LogP contribution in [0.15, 0.2) is 0 Å². The van der Waals surface area contributed by atoms with E-state index in [1.165, 1.54) is 13.8 Å². The summed E-state index contributed by atoms with van der Waals surface area (Å²) in [6.45, 7) is 3.11. The number of carboxylic acids is 1. The zero-order chi connectivity index (χ0) is 9.78. The first-order valence-corrected chi connectivity index (χ1v) is 5.30. The highest BCUT2D eigenvalue weighted by Crippen LogP contribution is 2.48. The lowest BCUT2D eigenvalue weighted by molar-refractivity contribution is -0.137. The molecule has 2 N–H and O–H groups in total. The first-order chi connectivity index (χ1) is 5.45. The Hall–Kier alpha value is -0.380. The van der Waals surface area contributed by atoms with Crippen molar-refractivity contribution in [3.05, 3.63) is 0 Å². The fourth-order valence-electron chi connectivity index (χ4n) is 0.820. The summed E-state index contributed by atoms with van der Waals surface area (Å²) in [6, 6.07) is 0. The summed E-state index contributed by atoms with van der Waals surface area (Å²) in [5.41, 5.74) is -1.31. The maximum absolute atomic E-state index is 11.1. The van der Waals surface area contributed by atoms with Gasteiger partial charge in [-0.15, -0.1) is 0 Å². The Balaban J connectivity index is 4.48. The number of hydrogen-bond donors (Lipinski definition) is 2. The van der Waals surface area contributed by atoms with Crippen molar-refractivity contribution >= 4 is 13.6 Å². The van der Waals surface area contributed by atoms with E-state index < -0.39 is 19.2 Å². The molecule has 0 fully saturated rings. The zero-order valence-electron chi connectivity index (χ0n) is 7.06. The fourth-order valence-corrected chi connectivity index (χ4v) is 2.11. The third kappa shape index (κ3) is 2.93. The molecule has 0 radical (unpaired) electrons. The Bertz CT molecular complexity index is 202. The molecular formula is C6H13O5P. The van der Waals surface area contributed by atoms with Gasteiger partial charge in [-0.05, 0) is 13.3 Å². The number of hydrogen-bond acceptors (Lipinski definition) is 3. The van der Waals surface area contributed by atoms with Crippen molar-refractivity contribution in [1.29, 1.82) is 0 Å². The van der Waals surface area contributed by atoms with Crippen LogP contribution in [0.3, 0.4) is 0 Å². The SMILES string of the molecule is CCOP(=O)(O)C(CC)C(=O)O. The summed E-state index contributed by atoms with van der Waals surface area (Å²) in [5.74, 6) is -1.29. The Morgan fingerprint density at radius 1 is 1.58 bits per heavy atom. The molecule has 0 aromatic rings. The van der Waals surface area contributed by atoms with Gasteiger partial charge >= 0.3 is 13.6 Å². The number of carbonyl (C=O) groups is 1. The van der Waals surface area contributed by atoms with Gasteiger partial charge in [0.2, 0.25) is 0 Å². The molecule has 0 rings (SSSR count).